The molecule has 116 valence electrons. The zero-order chi connectivity index (χ0) is 16.3. The number of hydrogen-bond acceptors (Lipinski definition) is 5. The zero-order valence-electron chi connectivity index (χ0n) is 12.5. The summed E-state index contributed by atoms with van der Waals surface area (Å²) in [5.74, 6) is -0.121. The molecule has 0 aliphatic heterocycles. The van der Waals surface area contributed by atoms with E-state index >= 15 is 0 Å². The highest BCUT2D eigenvalue weighted by molar-refractivity contribution is 7.92. The van der Waals surface area contributed by atoms with E-state index in [1.807, 2.05) is 0 Å². The number of ether oxygens (including phenoxy) is 1. The molecule has 0 aliphatic rings. The van der Waals surface area contributed by atoms with Crippen molar-refractivity contribution in [2.45, 2.75) is 6.92 Å². The van der Waals surface area contributed by atoms with Gasteiger partial charge in [0.25, 0.3) is 0 Å². The number of rotatable bonds is 4. The van der Waals surface area contributed by atoms with Crippen molar-refractivity contribution in [1.29, 1.82) is 0 Å². The van der Waals surface area contributed by atoms with E-state index < -0.39 is 16.0 Å². The maximum absolute atomic E-state index is 11.4. The predicted molar refractivity (Wildman–Crippen MR) is 84.2 cm³/mol. The lowest BCUT2D eigenvalue weighted by molar-refractivity contribution is 0.0600. The number of anilines is 1. The first-order valence-electron chi connectivity index (χ1n) is 6.44. The van der Waals surface area contributed by atoms with Crippen LogP contribution in [0.3, 0.4) is 0 Å². The maximum atomic E-state index is 11.4. The minimum absolute atomic E-state index is 0.273. The molecule has 0 bridgehead atoms. The van der Waals surface area contributed by atoms with Crippen molar-refractivity contribution in [3.05, 3.63) is 47.7 Å². The SMILES string of the molecule is COC(=O)c1ccc(-c2ccc(NS(C)(=O)=O)nc2C)cc1. The normalized spacial score (nSPS) is 11.0. The number of esters is 1. The van der Waals surface area contributed by atoms with Gasteiger partial charge in [-0.25, -0.2) is 18.2 Å². The molecule has 2 rings (SSSR count). The van der Waals surface area contributed by atoms with Gasteiger partial charge in [0.05, 0.1) is 18.9 Å². The van der Waals surface area contributed by atoms with E-state index in [1.165, 1.54) is 7.11 Å². The second-order valence-corrected chi connectivity index (χ2v) is 6.52. The fraction of sp³-hybridized carbons (Fsp3) is 0.200. The standard InChI is InChI=1S/C15H16N2O4S/c1-10-13(8-9-14(16-10)17-22(3,19)20)11-4-6-12(7-5-11)15(18)21-2/h4-9H,1-3H3,(H,16,17). The number of nitrogens with zero attached hydrogens (tertiary/aromatic N) is 1. The molecule has 6 nitrogen and oxygen atoms in total. The van der Waals surface area contributed by atoms with Crippen molar-refractivity contribution in [1.82, 2.24) is 4.98 Å². The summed E-state index contributed by atoms with van der Waals surface area (Å²) in [7, 11) is -2.02. The number of sulfonamides is 1. The molecular weight excluding hydrogens is 304 g/mol. The molecule has 0 unspecified atom stereocenters. The van der Waals surface area contributed by atoms with Gasteiger partial charge in [0.1, 0.15) is 5.82 Å². The van der Waals surface area contributed by atoms with Crippen molar-refractivity contribution in [3.63, 3.8) is 0 Å². The van der Waals surface area contributed by atoms with Crippen molar-refractivity contribution < 1.29 is 17.9 Å². The van der Waals surface area contributed by atoms with Crippen LogP contribution in [0.4, 0.5) is 5.82 Å². The van der Waals surface area contributed by atoms with Gasteiger partial charge in [0, 0.05) is 11.3 Å². The third-order valence-electron chi connectivity index (χ3n) is 2.99. The Morgan fingerprint density at radius 3 is 2.27 bits per heavy atom. The van der Waals surface area contributed by atoms with Gasteiger partial charge in [-0.2, -0.15) is 0 Å². The van der Waals surface area contributed by atoms with Gasteiger partial charge in [-0.15, -0.1) is 0 Å². The lowest BCUT2D eigenvalue weighted by Gasteiger charge is -2.09. The van der Waals surface area contributed by atoms with E-state index in [-0.39, 0.29) is 5.82 Å². The van der Waals surface area contributed by atoms with Crippen LogP contribution in [0.25, 0.3) is 11.1 Å². The average molecular weight is 320 g/mol. The number of benzene rings is 1. The number of aryl methyl sites for hydroxylation is 1. The summed E-state index contributed by atoms with van der Waals surface area (Å²) in [5.41, 5.74) is 2.88. The maximum Gasteiger partial charge on any atom is 0.337 e. The van der Waals surface area contributed by atoms with Crippen LogP contribution in [0.5, 0.6) is 0 Å². The first-order valence-corrected chi connectivity index (χ1v) is 8.33. The van der Waals surface area contributed by atoms with Crippen LogP contribution >= 0.6 is 0 Å². The number of nitrogens with one attached hydrogen (secondary N) is 1. The van der Waals surface area contributed by atoms with Crippen LogP contribution in [-0.2, 0) is 14.8 Å². The summed E-state index contributed by atoms with van der Waals surface area (Å²) in [5, 5.41) is 0. The minimum atomic E-state index is -3.35. The van der Waals surface area contributed by atoms with Crippen molar-refractivity contribution in [2.75, 3.05) is 18.1 Å². The van der Waals surface area contributed by atoms with E-state index in [0.717, 1.165) is 17.4 Å². The Bertz CT molecular complexity index is 799. The Kier molecular flexibility index (Phi) is 4.46. The molecule has 1 aromatic heterocycles. The molecular formula is C15H16N2O4S. The van der Waals surface area contributed by atoms with Crippen molar-refractivity contribution in [2.24, 2.45) is 0 Å². The Hall–Kier alpha value is -2.41. The molecule has 1 N–H and O–H groups in total. The van der Waals surface area contributed by atoms with Gasteiger partial charge >= 0.3 is 5.97 Å². The molecule has 7 heteroatoms. The third-order valence-corrected chi connectivity index (χ3v) is 3.57. The highest BCUT2D eigenvalue weighted by atomic mass is 32.2. The van der Waals surface area contributed by atoms with Crippen molar-refractivity contribution >= 4 is 21.8 Å². The molecule has 0 fully saturated rings. The molecule has 0 atom stereocenters. The highest BCUT2D eigenvalue weighted by Crippen LogP contribution is 2.24. The summed E-state index contributed by atoms with van der Waals surface area (Å²) in [6.07, 6.45) is 1.07. The second kappa shape index (κ2) is 6.15. The Morgan fingerprint density at radius 2 is 1.77 bits per heavy atom. The van der Waals surface area contributed by atoms with Crippen LogP contribution in [0.2, 0.25) is 0 Å². The van der Waals surface area contributed by atoms with E-state index in [9.17, 15) is 13.2 Å². The second-order valence-electron chi connectivity index (χ2n) is 4.77. The van der Waals surface area contributed by atoms with Crippen molar-refractivity contribution in [3.8, 4) is 11.1 Å². The van der Waals surface area contributed by atoms with Crippen LogP contribution < -0.4 is 4.72 Å². The topological polar surface area (TPSA) is 85.4 Å². The van der Waals surface area contributed by atoms with Crippen LogP contribution in [0.1, 0.15) is 16.1 Å². The smallest absolute Gasteiger partial charge is 0.337 e. The summed E-state index contributed by atoms with van der Waals surface area (Å²) in [4.78, 5) is 15.6. The first-order chi connectivity index (χ1) is 10.3. The monoisotopic (exact) mass is 320 g/mol. The Morgan fingerprint density at radius 1 is 1.14 bits per heavy atom. The molecule has 22 heavy (non-hydrogen) atoms. The quantitative estimate of drug-likeness (QED) is 0.873. The molecule has 0 aliphatic carbocycles. The van der Waals surface area contributed by atoms with Gasteiger partial charge in [-0.05, 0) is 36.8 Å². The van der Waals surface area contributed by atoms with E-state index in [0.29, 0.717) is 11.3 Å². The molecule has 0 spiro atoms. The molecule has 0 amide bonds. The van der Waals surface area contributed by atoms with Crippen LogP contribution in [0.15, 0.2) is 36.4 Å². The van der Waals surface area contributed by atoms with Gasteiger partial charge in [-0.3, -0.25) is 4.72 Å². The summed E-state index contributed by atoms with van der Waals surface area (Å²) < 4.78 is 29.4. The van der Waals surface area contributed by atoms with Gasteiger partial charge in [0.15, 0.2) is 0 Å². The summed E-state index contributed by atoms with van der Waals surface area (Å²) >= 11 is 0. The minimum Gasteiger partial charge on any atom is -0.465 e. The van der Waals surface area contributed by atoms with E-state index in [1.54, 1.807) is 43.3 Å². The van der Waals surface area contributed by atoms with Gasteiger partial charge in [0.2, 0.25) is 10.0 Å². The average Bonchev–Trinajstić information content (AvgIpc) is 2.45. The highest BCUT2D eigenvalue weighted by Gasteiger charge is 2.09. The lowest BCUT2D eigenvalue weighted by atomic mass is 10.0. The molecule has 0 saturated carbocycles. The summed E-state index contributed by atoms with van der Waals surface area (Å²) in [6.45, 7) is 1.79. The summed E-state index contributed by atoms with van der Waals surface area (Å²) in [6, 6.07) is 10.3. The number of carbonyl (C=O) groups excluding carboxylic acids is 1. The van der Waals surface area contributed by atoms with Gasteiger partial charge < -0.3 is 4.74 Å². The Labute approximate surface area is 129 Å². The first kappa shape index (κ1) is 16.0. The fourth-order valence-corrected chi connectivity index (χ4v) is 2.51. The number of carbonyl (C=O) groups is 1. The van der Waals surface area contributed by atoms with E-state index in [4.69, 9.17) is 0 Å². The number of hydrogen-bond donors (Lipinski definition) is 1. The Balaban J connectivity index is 2.31. The largest absolute Gasteiger partial charge is 0.465 e. The predicted octanol–water partition coefficient (Wildman–Crippen LogP) is 2.22. The molecule has 1 aromatic carbocycles. The lowest BCUT2D eigenvalue weighted by Crippen LogP contribution is -2.11. The van der Waals surface area contributed by atoms with Crippen LogP contribution in [0, 0.1) is 6.92 Å². The van der Waals surface area contributed by atoms with E-state index in [2.05, 4.69) is 14.4 Å². The number of pyridine rings is 1. The number of aromatic nitrogens is 1. The zero-order valence-corrected chi connectivity index (χ0v) is 13.3. The fourth-order valence-electron chi connectivity index (χ4n) is 2.02. The molecule has 0 radical (unpaired) electrons. The molecule has 0 saturated heterocycles. The third kappa shape index (κ3) is 3.82. The van der Waals surface area contributed by atoms with Crippen LogP contribution in [-0.4, -0.2) is 32.7 Å². The molecule has 1 heterocycles. The molecule has 2 aromatic rings. The number of methoxy groups -OCH3 is 1. The van der Waals surface area contributed by atoms with Gasteiger partial charge in [-0.1, -0.05) is 12.1 Å².